The standard InChI is InChI=1S/C38H43N3O2/c42-37-26-35(29-41(37)27-32-13-5-2-6-14-32)38(43)40(28-34-17-9-16-33-15-7-8-18-36(33)34)22-10-21-39-23-19-31(20-24-39)25-30-11-3-1-4-12-30/h1-9,11-18,31,35H,10,19-29H2. The Morgan fingerprint density at radius 3 is 2.23 bits per heavy atom. The van der Waals surface area contributed by atoms with Crippen LogP contribution < -0.4 is 0 Å². The molecule has 43 heavy (non-hydrogen) atoms. The fraction of sp³-hybridized carbons (Fsp3) is 0.368. The lowest BCUT2D eigenvalue weighted by atomic mass is 9.90. The number of fused-ring (bicyclic) bond motifs is 1. The third-order valence-corrected chi connectivity index (χ3v) is 9.31. The Labute approximate surface area is 256 Å². The second kappa shape index (κ2) is 14.0. The predicted octanol–water partition coefficient (Wildman–Crippen LogP) is 6.56. The van der Waals surface area contributed by atoms with E-state index in [2.05, 4.69) is 77.7 Å². The topological polar surface area (TPSA) is 43.9 Å². The van der Waals surface area contributed by atoms with Gasteiger partial charge in [0.2, 0.25) is 11.8 Å². The van der Waals surface area contributed by atoms with Crippen LogP contribution in [-0.2, 0) is 29.1 Å². The molecular weight excluding hydrogens is 530 g/mol. The molecule has 2 fully saturated rings. The van der Waals surface area contributed by atoms with Gasteiger partial charge in [-0.1, -0.05) is 103 Å². The fourth-order valence-electron chi connectivity index (χ4n) is 6.90. The normalized spacial score (nSPS) is 17.9. The smallest absolute Gasteiger partial charge is 0.228 e. The van der Waals surface area contributed by atoms with E-state index in [4.69, 9.17) is 0 Å². The molecular formula is C38H43N3O2. The lowest BCUT2D eigenvalue weighted by Gasteiger charge is -2.33. The summed E-state index contributed by atoms with van der Waals surface area (Å²) in [6, 6.07) is 35.7. The number of carbonyl (C=O) groups excluding carboxylic acids is 2. The van der Waals surface area contributed by atoms with Crippen molar-refractivity contribution in [2.45, 2.75) is 45.2 Å². The van der Waals surface area contributed by atoms with Crippen LogP contribution in [0.1, 0.15) is 42.4 Å². The summed E-state index contributed by atoms with van der Waals surface area (Å²) < 4.78 is 0. The van der Waals surface area contributed by atoms with Crippen LogP contribution in [0.25, 0.3) is 10.8 Å². The van der Waals surface area contributed by atoms with Crippen LogP contribution in [0.3, 0.4) is 0 Å². The molecule has 6 rings (SSSR count). The molecule has 2 aliphatic heterocycles. The highest BCUT2D eigenvalue weighted by Gasteiger charge is 2.36. The van der Waals surface area contributed by atoms with Gasteiger partial charge in [-0.15, -0.1) is 0 Å². The van der Waals surface area contributed by atoms with Gasteiger partial charge >= 0.3 is 0 Å². The first-order valence-electron chi connectivity index (χ1n) is 16.0. The van der Waals surface area contributed by atoms with Crippen LogP contribution in [-0.4, -0.2) is 59.2 Å². The Kier molecular flexibility index (Phi) is 9.49. The van der Waals surface area contributed by atoms with Crippen molar-refractivity contribution >= 4 is 22.6 Å². The fourth-order valence-corrected chi connectivity index (χ4v) is 6.90. The van der Waals surface area contributed by atoms with Crippen LogP contribution >= 0.6 is 0 Å². The zero-order valence-electron chi connectivity index (χ0n) is 25.1. The van der Waals surface area contributed by atoms with E-state index >= 15 is 0 Å². The van der Waals surface area contributed by atoms with Gasteiger partial charge in [0.05, 0.1) is 5.92 Å². The number of nitrogens with zero attached hydrogens (tertiary/aromatic N) is 3. The number of benzene rings is 4. The first-order valence-corrected chi connectivity index (χ1v) is 16.0. The first-order chi connectivity index (χ1) is 21.1. The van der Waals surface area contributed by atoms with Gasteiger partial charge in [0.1, 0.15) is 0 Å². The number of carbonyl (C=O) groups is 2. The predicted molar refractivity (Wildman–Crippen MR) is 173 cm³/mol. The number of amides is 2. The lowest BCUT2D eigenvalue weighted by molar-refractivity contribution is -0.136. The van der Waals surface area contributed by atoms with Gasteiger partial charge in [0.15, 0.2) is 0 Å². The summed E-state index contributed by atoms with van der Waals surface area (Å²) in [7, 11) is 0. The largest absolute Gasteiger partial charge is 0.338 e. The van der Waals surface area contributed by atoms with E-state index in [9.17, 15) is 9.59 Å². The minimum atomic E-state index is -0.292. The van der Waals surface area contributed by atoms with E-state index < -0.39 is 0 Å². The molecule has 0 aliphatic carbocycles. The third-order valence-electron chi connectivity index (χ3n) is 9.31. The number of likely N-dealkylation sites (tertiary alicyclic amines) is 2. The van der Waals surface area contributed by atoms with E-state index in [0.29, 0.717) is 32.6 Å². The maximum absolute atomic E-state index is 14.1. The summed E-state index contributed by atoms with van der Waals surface area (Å²) in [6.45, 7) is 5.58. The molecule has 4 aromatic carbocycles. The summed E-state index contributed by atoms with van der Waals surface area (Å²) >= 11 is 0. The number of rotatable bonds is 11. The van der Waals surface area contributed by atoms with Gasteiger partial charge in [-0.25, -0.2) is 0 Å². The Morgan fingerprint density at radius 2 is 1.47 bits per heavy atom. The molecule has 2 aliphatic rings. The van der Waals surface area contributed by atoms with Crippen molar-refractivity contribution < 1.29 is 9.59 Å². The minimum absolute atomic E-state index is 0.0747. The molecule has 1 atom stereocenters. The van der Waals surface area contributed by atoms with E-state index in [1.807, 2.05) is 40.1 Å². The number of hydrogen-bond acceptors (Lipinski definition) is 3. The van der Waals surface area contributed by atoms with Crippen LogP contribution in [0, 0.1) is 11.8 Å². The average Bonchev–Trinajstić information content (AvgIpc) is 3.41. The monoisotopic (exact) mass is 573 g/mol. The summed E-state index contributed by atoms with van der Waals surface area (Å²) in [5.41, 5.74) is 3.71. The second-order valence-electron chi connectivity index (χ2n) is 12.4. The van der Waals surface area contributed by atoms with Crippen LogP contribution in [0.15, 0.2) is 103 Å². The molecule has 2 heterocycles. The van der Waals surface area contributed by atoms with Gasteiger partial charge in [0, 0.05) is 32.6 Å². The third kappa shape index (κ3) is 7.52. The van der Waals surface area contributed by atoms with Gasteiger partial charge in [-0.05, 0) is 78.7 Å². The van der Waals surface area contributed by atoms with E-state index in [1.54, 1.807) is 0 Å². The van der Waals surface area contributed by atoms with Crippen molar-refractivity contribution in [3.63, 3.8) is 0 Å². The Hall–Kier alpha value is -3.96. The highest BCUT2D eigenvalue weighted by molar-refractivity contribution is 5.90. The van der Waals surface area contributed by atoms with Gasteiger partial charge in [-0.3, -0.25) is 9.59 Å². The Morgan fingerprint density at radius 1 is 0.791 bits per heavy atom. The van der Waals surface area contributed by atoms with E-state index in [-0.39, 0.29) is 17.7 Å². The molecule has 0 spiro atoms. The molecule has 1 unspecified atom stereocenters. The summed E-state index contributed by atoms with van der Waals surface area (Å²) in [6.07, 6.45) is 4.87. The molecule has 0 bridgehead atoms. The molecule has 0 saturated carbocycles. The molecule has 222 valence electrons. The van der Waals surface area contributed by atoms with Crippen molar-refractivity contribution in [3.05, 3.63) is 120 Å². The quantitative estimate of drug-likeness (QED) is 0.204. The zero-order chi connectivity index (χ0) is 29.4. The molecule has 4 aromatic rings. The maximum atomic E-state index is 14.1. The average molecular weight is 574 g/mol. The maximum Gasteiger partial charge on any atom is 0.228 e. The first kappa shape index (κ1) is 29.1. The van der Waals surface area contributed by atoms with Crippen molar-refractivity contribution in [1.29, 1.82) is 0 Å². The van der Waals surface area contributed by atoms with Crippen molar-refractivity contribution in [1.82, 2.24) is 14.7 Å². The van der Waals surface area contributed by atoms with Gasteiger partial charge in [-0.2, -0.15) is 0 Å². The van der Waals surface area contributed by atoms with Crippen LogP contribution in [0.4, 0.5) is 0 Å². The highest BCUT2D eigenvalue weighted by Crippen LogP contribution is 2.26. The van der Waals surface area contributed by atoms with Gasteiger partial charge < -0.3 is 14.7 Å². The van der Waals surface area contributed by atoms with Crippen LogP contribution in [0.5, 0.6) is 0 Å². The molecule has 2 amide bonds. The van der Waals surface area contributed by atoms with Crippen molar-refractivity contribution in [2.24, 2.45) is 11.8 Å². The van der Waals surface area contributed by atoms with Crippen molar-refractivity contribution in [2.75, 3.05) is 32.7 Å². The van der Waals surface area contributed by atoms with E-state index in [1.165, 1.54) is 41.2 Å². The van der Waals surface area contributed by atoms with Crippen LogP contribution in [0.2, 0.25) is 0 Å². The SMILES string of the molecule is O=C1CC(C(=O)N(CCCN2CCC(Cc3ccccc3)CC2)Cc2cccc3ccccc23)CN1Cc1ccccc1. The summed E-state index contributed by atoms with van der Waals surface area (Å²) in [4.78, 5) is 33.5. The van der Waals surface area contributed by atoms with E-state index in [0.717, 1.165) is 37.5 Å². The Balaban J connectivity index is 1.09. The summed E-state index contributed by atoms with van der Waals surface area (Å²) in [5.74, 6) is 0.644. The molecule has 0 aromatic heterocycles. The highest BCUT2D eigenvalue weighted by atomic mass is 16.2. The molecule has 2 saturated heterocycles. The Bertz CT molecular complexity index is 1490. The molecule has 0 radical (unpaired) electrons. The molecule has 5 nitrogen and oxygen atoms in total. The second-order valence-corrected chi connectivity index (χ2v) is 12.4. The zero-order valence-corrected chi connectivity index (χ0v) is 25.1. The molecule has 5 heteroatoms. The number of piperidine rings is 1. The lowest BCUT2D eigenvalue weighted by Crippen LogP contribution is -2.40. The van der Waals surface area contributed by atoms with Gasteiger partial charge in [0.25, 0.3) is 0 Å². The summed E-state index contributed by atoms with van der Waals surface area (Å²) in [5, 5.41) is 2.38. The number of hydrogen-bond donors (Lipinski definition) is 0. The van der Waals surface area contributed by atoms with Crippen molar-refractivity contribution in [3.8, 4) is 0 Å². The minimum Gasteiger partial charge on any atom is -0.338 e. The molecule has 0 N–H and O–H groups in total.